The molecule has 0 aliphatic rings. The molecular weight excluding hydrogens is 320 g/mol. The van der Waals surface area contributed by atoms with Crippen molar-refractivity contribution in [3.8, 4) is 0 Å². The molecule has 0 aromatic heterocycles. The summed E-state index contributed by atoms with van der Waals surface area (Å²) in [5, 5.41) is 0. The first-order chi connectivity index (χ1) is 5.91. The van der Waals surface area contributed by atoms with Gasteiger partial charge in [0, 0.05) is 0 Å². The minimum Gasteiger partial charge on any atom is -0.410 e. The first kappa shape index (κ1) is 26.0. The SMILES string of the molecule is C[Si](O)O[Si](O)O[Si](O)O[Si](C)O.[CH3-].[CH3-].[Ti+2]. The van der Waals surface area contributed by atoms with Crippen molar-refractivity contribution in [3.05, 3.63) is 14.9 Å². The van der Waals surface area contributed by atoms with Crippen LogP contribution in [0.5, 0.6) is 0 Å². The molecule has 0 atom stereocenters. The minimum atomic E-state index is -2.66. The average molecular weight is 336 g/mol. The van der Waals surface area contributed by atoms with E-state index >= 15 is 0 Å². The van der Waals surface area contributed by atoms with Gasteiger partial charge in [-0.1, -0.05) is 0 Å². The van der Waals surface area contributed by atoms with Gasteiger partial charge in [0.05, 0.1) is 0 Å². The van der Waals surface area contributed by atoms with E-state index in [1.165, 1.54) is 13.1 Å². The molecule has 0 spiro atoms. The standard InChI is InChI=1S/C2H10O7Si4.2CH3.Ti/c1-10(3)7-12(5)9-13(6)8-11(2)4;;;/h3-6H,1-2H3;2*1H3;/q;2*-1;+2. The van der Waals surface area contributed by atoms with Crippen molar-refractivity contribution in [2.24, 2.45) is 0 Å². The first-order valence-corrected chi connectivity index (χ1v) is 9.36. The van der Waals surface area contributed by atoms with Gasteiger partial charge >= 0.3 is 59.3 Å². The summed E-state index contributed by atoms with van der Waals surface area (Å²) in [7, 11) is -9.41. The number of hydrogen-bond donors (Lipinski definition) is 4. The molecule has 16 heavy (non-hydrogen) atoms. The van der Waals surface area contributed by atoms with Gasteiger partial charge in [-0.2, -0.15) is 0 Å². The van der Waals surface area contributed by atoms with Crippen LogP contribution in [0, 0.1) is 14.9 Å². The Bertz CT molecular complexity index is 128. The molecule has 0 aliphatic heterocycles. The molecule has 4 N–H and O–H groups in total. The Morgan fingerprint density at radius 2 is 0.938 bits per heavy atom. The molecule has 0 aromatic rings. The Kier molecular flexibility index (Phi) is 23.3. The topological polar surface area (TPSA) is 109 Å². The van der Waals surface area contributed by atoms with Crippen LogP contribution < -0.4 is 0 Å². The normalized spacial score (nSPS) is 10.1. The van der Waals surface area contributed by atoms with Gasteiger partial charge in [0.2, 0.25) is 0 Å². The van der Waals surface area contributed by atoms with Crippen LogP contribution in [0.25, 0.3) is 0 Å². The Balaban J connectivity index is -0.000000240. The summed E-state index contributed by atoms with van der Waals surface area (Å²) in [6.07, 6.45) is 0. The summed E-state index contributed by atoms with van der Waals surface area (Å²) in [4.78, 5) is 35.3. The van der Waals surface area contributed by atoms with Gasteiger partial charge in [0.15, 0.2) is 0 Å². The third-order valence-electron chi connectivity index (χ3n) is 0.645. The van der Waals surface area contributed by atoms with E-state index in [1.54, 1.807) is 0 Å². The van der Waals surface area contributed by atoms with Gasteiger partial charge in [-0.25, -0.2) is 0 Å². The Hall–Kier alpha value is 1.30. The number of rotatable bonds is 6. The van der Waals surface area contributed by atoms with Gasteiger partial charge in [0.25, 0.3) is 0 Å². The minimum absolute atomic E-state index is 0. The van der Waals surface area contributed by atoms with E-state index in [0.29, 0.717) is 0 Å². The summed E-state index contributed by atoms with van der Waals surface area (Å²) < 4.78 is 13.5. The Labute approximate surface area is 119 Å². The second kappa shape index (κ2) is 14.4. The van der Waals surface area contributed by atoms with Crippen molar-refractivity contribution in [1.82, 2.24) is 0 Å². The van der Waals surface area contributed by atoms with Crippen LogP contribution in [0.4, 0.5) is 0 Å². The van der Waals surface area contributed by atoms with E-state index in [4.69, 9.17) is 19.2 Å². The fraction of sp³-hybridized carbons (Fsp3) is 0.500. The van der Waals surface area contributed by atoms with Crippen LogP contribution in [0.15, 0.2) is 0 Å². The molecule has 0 rings (SSSR count). The summed E-state index contributed by atoms with van der Waals surface area (Å²) in [5.41, 5.74) is 0. The second-order valence-corrected chi connectivity index (χ2v) is 7.47. The van der Waals surface area contributed by atoms with E-state index in [0.717, 1.165) is 0 Å². The van der Waals surface area contributed by atoms with Crippen LogP contribution in [0.3, 0.4) is 0 Å². The molecule has 4 radical (unpaired) electrons. The van der Waals surface area contributed by atoms with Crippen molar-refractivity contribution < 1.29 is 53.2 Å². The van der Waals surface area contributed by atoms with E-state index in [9.17, 15) is 0 Å². The maximum atomic E-state index is 8.94. The zero-order chi connectivity index (χ0) is 10.4. The third kappa shape index (κ3) is 17.7. The van der Waals surface area contributed by atoms with Crippen molar-refractivity contribution >= 4 is 37.6 Å². The average Bonchev–Trinajstić information content (AvgIpc) is 1.80. The molecule has 12 heteroatoms. The van der Waals surface area contributed by atoms with E-state index < -0.39 is 37.6 Å². The zero-order valence-corrected chi connectivity index (χ0v) is 15.1. The summed E-state index contributed by atoms with van der Waals surface area (Å²) in [6, 6.07) is 0. The van der Waals surface area contributed by atoms with Crippen molar-refractivity contribution in [1.29, 1.82) is 0 Å². The summed E-state index contributed by atoms with van der Waals surface area (Å²) >= 11 is 0. The number of hydrogen-bond acceptors (Lipinski definition) is 7. The van der Waals surface area contributed by atoms with Crippen molar-refractivity contribution in [3.63, 3.8) is 0 Å². The van der Waals surface area contributed by atoms with Crippen LogP contribution in [-0.2, 0) is 34.1 Å². The molecular formula is C4H16O7Si4Ti. The fourth-order valence-electron chi connectivity index (χ4n) is 0.369. The van der Waals surface area contributed by atoms with Crippen LogP contribution >= 0.6 is 0 Å². The van der Waals surface area contributed by atoms with Crippen LogP contribution in [0.1, 0.15) is 0 Å². The Morgan fingerprint density at radius 3 is 1.12 bits per heavy atom. The second-order valence-electron chi connectivity index (χ2n) is 1.88. The van der Waals surface area contributed by atoms with E-state index in [-0.39, 0.29) is 36.6 Å². The summed E-state index contributed by atoms with van der Waals surface area (Å²) in [5.74, 6) is 0. The van der Waals surface area contributed by atoms with Gasteiger partial charge in [-0.15, -0.1) is 0 Å². The molecule has 0 saturated carbocycles. The largest absolute Gasteiger partial charge is 2.00 e. The maximum Gasteiger partial charge on any atom is 2.00 e. The Morgan fingerprint density at radius 1 is 0.688 bits per heavy atom. The molecule has 0 amide bonds. The molecule has 0 unspecified atom stereocenters. The van der Waals surface area contributed by atoms with Crippen molar-refractivity contribution in [2.45, 2.75) is 13.1 Å². The van der Waals surface area contributed by atoms with Crippen LogP contribution in [0.2, 0.25) is 13.1 Å². The smallest absolute Gasteiger partial charge is 0.410 e. The summed E-state index contributed by atoms with van der Waals surface area (Å²) in [6.45, 7) is 2.78. The van der Waals surface area contributed by atoms with Gasteiger partial charge in [-0.3, -0.25) is 0 Å². The molecule has 0 fully saturated rings. The molecule has 94 valence electrons. The quantitative estimate of drug-likeness (QED) is 0.332. The molecule has 0 aliphatic carbocycles. The maximum absolute atomic E-state index is 8.94. The van der Waals surface area contributed by atoms with E-state index in [2.05, 4.69) is 12.3 Å². The zero-order valence-electron chi connectivity index (χ0n) is 9.51. The fourth-order valence-corrected chi connectivity index (χ4v) is 4.07. The van der Waals surface area contributed by atoms with Crippen LogP contribution in [-0.4, -0.2) is 56.8 Å². The van der Waals surface area contributed by atoms with Gasteiger partial charge in [-0.05, 0) is 13.1 Å². The van der Waals surface area contributed by atoms with Gasteiger partial charge < -0.3 is 46.4 Å². The first-order valence-electron chi connectivity index (χ1n) is 3.12. The van der Waals surface area contributed by atoms with Gasteiger partial charge in [0.1, 0.15) is 0 Å². The molecule has 0 heterocycles. The molecule has 7 nitrogen and oxygen atoms in total. The van der Waals surface area contributed by atoms with E-state index in [1.807, 2.05) is 0 Å². The monoisotopic (exact) mass is 336 g/mol. The molecule has 0 bridgehead atoms. The third-order valence-corrected chi connectivity index (χ3v) is 5.80. The predicted octanol–water partition coefficient (Wildman–Crippen LogP) is -1.89. The molecule has 0 saturated heterocycles. The molecule has 0 aromatic carbocycles. The van der Waals surface area contributed by atoms with Crippen molar-refractivity contribution in [2.75, 3.05) is 0 Å². The predicted molar refractivity (Wildman–Crippen MR) is 59.7 cm³/mol.